The van der Waals surface area contributed by atoms with Crippen molar-refractivity contribution in [2.45, 2.75) is 18.1 Å². The maximum absolute atomic E-state index is 12.2. The molecule has 4 aromatic rings. The van der Waals surface area contributed by atoms with Crippen LogP contribution in [0, 0.1) is 0 Å². The molecule has 1 aliphatic heterocycles. The van der Waals surface area contributed by atoms with E-state index in [1.807, 2.05) is 90.3 Å². The van der Waals surface area contributed by atoms with Gasteiger partial charge in [-0.1, -0.05) is 91.0 Å². The number of nitrogens with zero attached hydrogens (tertiary/aromatic N) is 1. The first-order valence-corrected chi connectivity index (χ1v) is 11.3. The zero-order valence-electron chi connectivity index (χ0n) is 17.0. The fourth-order valence-corrected chi connectivity index (χ4v) is 5.02. The predicted molar refractivity (Wildman–Crippen MR) is 126 cm³/mol. The lowest BCUT2D eigenvalue weighted by Gasteiger charge is -2.30. The number of benzene rings is 3. The van der Waals surface area contributed by atoms with Gasteiger partial charge in [0.2, 0.25) is 5.90 Å². The van der Waals surface area contributed by atoms with Crippen LogP contribution in [0.4, 0.5) is 0 Å². The second-order valence-corrected chi connectivity index (χ2v) is 8.61. The average molecular weight is 426 g/mol. The normalized spacial score (nSPS) is 16.0. The van der Waals surface area contributed by atoms with Gasteiger partial charge in [0.1, 0.15) is 12.2 Å². The molecule has 3 aromatic carbocycles. The zero-order valence-corrected chi connectivity index (χ0v) is 17.8. The van der Waals surface area contributed by atoms with Crippen LogP contribution in [-0.2, 0) is 16.8 Å². The fourth-order valence-electron chi connectivity index (χ4n) is 4.13. The largest absolute Gasteiger partial charge is 0.475 e. The van der Waals surface area contributed by atoms with Crippen molar-refractivity contribution in [1.29, 1.82) is 0 Å². The summed E-state index contributed by atoms with van der Waals surface area (Å²) in [6.45, 7) is 0.552. The molecule has 1 N–H and O–H groups in total. The Morgan fingerprint density at radius 3 is 2.03 bits per heavy atom. The van der Waals surface area contributed by atoms with E-state index in [0.29, 0.717) is 12.5 Å². The summed E-state index contributed by atoms with van der Waals surface area (Å²) >= 11 is 1.56. The van der Waals surface area contributed by atoms with Crippen LogP contribution in [-0.4, -0.2) is 23.7 Å². The van der Waals surface area contributed by atoms with Gasteiger partial charge in [-0.25, -0.2) is 4.99 Å². The fraction of sp³-hybridized carbons (Fsp3) is 0.148. The molecular formula is C27H23NO2S. The maximum atomic E-state index is 12.2. The van der Waals surface area contributed by atoms with Gasteiger partial charge in [-0.05, 0) is 34.6 Å². The second kappa shape index (κ2) is 8.50. The van der Waals surface area contributed by atoms with E-state index in [0.717, 1.165) is 28.0 Å². The third-order valence-corrected chi connectivity index (χ3v) is 6.56. The first-order chi connectivity index (χ1) is 15.2. The van der Waals surface area contributed by atoms with Crippen LogP contribution in [0.15, 0.2) is 107 Å². The van der Waals surface area contributed by atoms with Crippen molar-refractivity contribution in [1.82, 2.24) is 0 Å². The van der Waals surface area contributed by atoms with Gasteiger partial charge in [-0.15, -0.1) is 11.3 Å². The number of hydrogen-bond acceptors (Lipinski definition) is 4. The Kier molecular flexibility index (Phi) is 5.41. The van der Waals surface area contributed by atoms with Crippen LogP contribution in [0.25, 0.3) is 0 Å². The quantitative estimate of drug-likeness (QED) is 0.448. The number of thiophene rings is 1. The Bertz CT molecular complexity index is 1130. The van der Waals surface area contributed by atoms with Crippen LogP contribution in [0.5, 0.6) is 0 Å². The van der Waals surface area contributed by atoms with E-state index in [1.54, 1.807) is 11.3 Å². The highest BCUT2D eigenvalue weighted by Crippen LogP contribution is 2.41. The van der Waals surface area contributed by atoms with Gasteiger partial charge in [0.25, 0.3) is 0 Å². The highest BCUT2D eigenvalue weighted by Gasteiger charge is 2.38. The lowest BCUT2D eigenvalue weighted by Crippen LogP contribution is -2.30. The molecule has 0 spiro atoms. The topological polar surface area (TPSA) is 41.8 Å². The summed E-state index contributed by atoms with van der Waals surface area (Å²) in [6, 6.07) is 32.0. The molecule has 1 aliphatic rings. The highest BCUT2D eigenvalue weighted by atomic mass is 32.1. The molecule has 2 heterocycles. The van der Waals surface area contributed by atoms with E-state index in [9.17, 15) is 5.11 Å². The van der Waals surface area contributed by atoms with Crippen molar-refractivity contribution in [3.63, 3.8) is 0 Å². The lowest BCUT2D eigenvalue weighted by atomic mass is 9.80. The van der Waals surface area contributed by atoms with Crippen LogP contribution < -0.4 is 0 Å². The zero-order chi connectivity index (χ0) is 21.1. The molecule has 3 nitrogen and oxygen atoms in total. The third kappa shape index (κ3) is 3.80. The highest BCUT2D eigenvalue weighted by molar-refractivity contribution is 7.12. The van der Waals surface area contributed by atoms with Gasteiger partial charge in [-0.3, -0.25) is 0 Å². The average Bonchev–Trinajstić information content (AvgIpc) is 3.50. The number of hydrogen-bond donors (Lipinski definition) is 1. The molecule has 4 heteroatoms. The number of aliphatic imine (C=N–C) groups is 1. The molecule has 0 bridgehead atoms. The summed E-state index contributed by atoms with van der Waals surface area (Å²) in [4.78, 5) is 5.76. The molecule has 0 radical (unpaired) electrons. The minimum absolute atomic E-state index is 0.0777. The van der Waals surface area contributed by atoms with Gasteiger partial charge in [-0.2, -0.15) is 0 Å². The van der Waals surface area contributed by atoms with Gasteiger partial charge >= 0.3 is 0 Å². The molecule has 1 atom stereocenters. The molecule has 0 aliphatic carbocycles. The molecule has 0 saturated heterocycles. The van der Waals surface area contributed by atoms with Gasteiger partial charge in [0.05, 0.1) is 10.9 Å². The second-order valence-electron chi connectivity index (χ2n) is 7.69. The molecule has 0 fully saturated rings. The Morgan fingerprint density at radius 2 is 1.42 bits per heavy atom. The summed E-state index contributed by atoms with van der Waals surface area (Å²) < 4.78 is 6.04. The Labute approximate surface area is 186 Å². The van der Waals surface area contributed by atoms with Crippen molar-refractivity contribution >= 4 is 17.2 Å². The first kappa shape index (κ1) is 19.7. The summed E-state index contributed by atoms with van der Waals surface area (Å²) in [7, 11) is 0. The van der Waals surface area contributed by atoms with Crippen LogP contribution in [0.1, 0.15) is 27.1 Å². The monoisotopic (exact) mass is 425 g/mol. The Morgan fingerprint density at radius 1 is 0.839 bits per heavy atom. The van der Waals surface area contributed by atoms with E-state index in [2.05, 4.69) is 12.1 Å². The Balaban J connectivity index is 1.54. The molecule has 0 amide bonds. The first-order valence-electron chi connectivity index (χ1n) is 10.4. The SMILES string of the molecule is OC(c1ccccc1)(c1ccccc1)c1ccsc1C1=N[C@@H](Cc2ccccc2)CO1. The summed E-state index contributed by atoms with van der Waals surface area (Å²) in [5.74, 6) is 0.621. The minimum atomic E-state index is -1.29. The predicted octanol–water partition coefficient (Wildman–Crippen LogP) is 5.42. The molecule has 0 saturated carbocycles. The van der Waals surface area contributed by atoms with Gasteiger partial charge < -0.3 is 9.84 Å². The van der Waals surface area contributed by atoms with Crippen molar-refractivity contribution in [3.05, 3.63) is 130 Å². The smallest absolute Gasteiger partial charge is 0.227 e. The lowest BCUT2D eigenvalue weighted by molar-refractivity contribution is 0.126. The van der Waals surface area contributed by atoms with E-state index in [4.69, 9.17) is 9.73 Å². The minimum Gasteiger partial charge on any atom is -0.475 e. The van der Waals surface area contributed by atoms with Crippen molar-refractivity contribution in [2.24, 2.45) is 4.99 Å². The summed E-state index contributed by atoms with van der Waals surface area (Å²) in [5, 5.41) is 14.2. The molecule has 5 rings (SSSR count). The molecular weight excluding hydrogens is 402 g/mol. The Hall–Kier alpha value is -3.21. The van der Waals surface area contributed by atoms with Gasteiger partial charge in [0.15, 0.2) is 0 Å². The van der Waals surface area contributed by atoms with E-state index in [1.165, 1.54) is 5.56 Å². The molecule has 31 heavy (non-hydrogen) atoms. The summed E-state index contributed by atoms with van der Waals surface area (Å²) in [5.41, 5.74) is 2.40. The third-order valence-electron chi connectivity index (χ3n) is 5.66. The van der Waals surface area contributed by atoms with Crippen molar-refractivity contribution in [3.8, 4) is 0 Å². The van der Waals surface area contributed by atoms with Crippen LogP contribution in [0.3, 0.4) is 0 Å². The standard InChI is InChI=1S/C27H23NO2S/c29-27(21-12-6-2-7-13-21,22-14-8-3-9-15-22)24-16-17-31-25(24)26-28-23(19-30-26)18-20-10-4-1-5-11-20/h1-17,23,29H,18-19H2/t23-/m0/s1. The number of rotatable bonds is 6. The molecule has 154 valence electrons. The van der Waals surface area contributed by atoms with Gasteiger partial charge in [0, 0.05) is 5.56 Å². The van der Waals surface area contributed by atoms with E-state index in [-0.39, 0.29) is 6.04 Å². The van der Waals surface area contributed by atoms with Crippen LogP contribution >= 0.6 is 11.3 Å². The van der Waals surface area contributed by atoms with E-state index < -0.39 is 5.60 Å². The molecule has 1 aromatic heterocycles. The summed E-state index contributed by atoms with van der Waals surface area (Å²) in [6.07, 6.45) is 0.840. The van der Waals surface area contributed by atoms with Crippen LogP contribution in [0.2, 0.25) is 0 Å². The number of aliphatic hydroxyl groups is 1. The molecule has 0 unspecified atom stereocenters. The van der Waals surface area contributed by atoms with E-state index >= 15 is 0 Å². The maximum Gasteiger partial charge on any atom is 0.227 e. The number of ether oxygens (including phenoxy) is 1. The van der Waals surface area contributed by atoms with Crippen molar-refractivity contribution < 1.29 is 9.84 Å². The van der Waals surface area contributed by atoms with Crippen molar-refractivity contribution in [2.75, 3.05) is 6.61 Å².